The van der Waals surface area contributed by atoms with Gasteiger partial charge < -0.3 is 55.9 Å². The molecule has 10 atom stereocenters. The first-order valence-electron chi connectivity index (χ1n) is 11.8. The molecular formula is C18H28N6O15P2S. The molecule has 0 saturated carbocycles. The average molecular weight is 662 g/mol. The van der Waals surface area contributed by atoms with Crippen LogP contribution in [0.1, 0.15) is 6.23 Å². The number of nitrogens with zero attached hydrogens (tertiary/aromatic N) is 4. The summed E-state index contributed by atoms with van der Waals surface area (Å²) in [6.07, 6.45) is -10.6. The summed E-state index contributed by atoms with van der Waals surface area (Å²) in [5.41, 5.74) is 11.6. The van der Waals surface area contributed by atoms with Crippen LogP contribution in [-0.2, 0) is 41.5 Å². The van der Waals surface area contributed by atoms with Gasteiger partial charge in [-0.2, -0.15) is 16.9 Å². The first-order chi connectivity index (χ1) is 19.6. The molecule has 0 bridgehead atoms. The predicted molar refractivity (Wildman–Crippen MR) is 137 cm³/mol. The summed E-state index contributed by atoms with van der Waals surface area (Å²) in [5, 5.41) is 41.4. The van der Waals surface area contributed by atoms with Crippen molar-refractivity contribution in [2.24, 2.45) is 5.73 Å². The number of aromatic nitrogens is 4. The fourth-order valence-electron chi connectivity index (χ4n) is 3.92. The van der Waals surface area contributed by atoms with E-state index < -0.39 is 90.0 Å². The van der Waals surface area contributed by atoms with Crippen LogP contribution in [0.2, 0.25) is 0 Å². The molecule has 0 spiro atoms. The van der Waals surface area contributed by atoms with E-state index in [1.807, 2.05) is 0 Å². The van der Waals surface area contributed by atoms with Crippen LogP contribution in [0.15, 0.2) is 12.7 Å². The second-order valence-electron chi connectivity index (χ2n) is 8.99. The smallest absolute Gasteiger partial charge is 0.432 e. The Bertz CT molecular complexity index is 1370. The summed E-state index contributed by atoms with van der Waals surface area (Å²) in [4.78, 5) is 42.2. The minimum Gasteiger partial charge on any atom is -0.432 e. The topological polar surface area (TPSA) is 324 Å². The Balaban J connectivity index is 1.42. The van der Waals surface area contributed by atoms with E-state index in [9.17, 15) is 44.1 Å². The molecular weight excluding hydrogens is 634 g/mol. The lowest BCUT2D eigenvalue weighted by Gasteiger charge is -2.23. The highest BCUT2D eigenvalue weighted by Gasteiger charge is 2.49. The van der Waals surface area contributed by atoms with Gasteiger partial charge in [0.2, 0.25) is 6.29 Å². The summed E-state index contributed by atoms with van der Waals surface area (Å²) >= 11 is 3.84. The second-order valence-corrected chi connectivity index (χ2v) is 12.4. The summed E-state index contributed by atoms with van der Waals surface area (Å²) in [6.45, 7) is -1.88. The zero-order valence-electron chi connectivity index (χ0n) is 21.1. The number of hydrogen-bond donors (Lipinski definition) is 9. The van der Waals surface area contributed by atoms with Crippen LogP contribution in [0, 0.1) is 0 Å². The maximum atomic E-state index is 13.1. The number of anilines is 1. The van der Waals surface area contributed by atoms with Crippen molar-refractivity contribution in [3.05, 3.63) is 12.7 Å². The van der Waals surface area contributed by atoms with Crippen LogP contribution in [0.3, 0.4) is 0 Å². The van der Waals surface area contributed by atoms with Gasteiger partial charge in [-0.1, -0.05) is 0 Å². The molecule has 2 aromatic heterocycles. The number of carbonyl (C=O) groups is 1. The first kappa shape index (κ1) is 33.1. The fourth-order valence-corrected chi connectivity index (χ4v) is 6.22. The Morgan fingerprint density at radius 1 is 1.02 bits per heavy atom. The van der Waals surface area contributed by atoms with Crippen molar-refractivity contribution in [1.29, 1.82) is 0 Å². The Morgan fingerprint density at radius 2 is 1.64 bits per heavy atom. The van der Waals surface area contributed by atoms with Gasteiger partial charge in [-0.3, -0.25) is 18.4 Å². The molecule has 21 nitrogen and oxygen atoms in total. The number of nitrogens with two attached hydrogens (primary N) is 2. The van der Waals surface area contributed by atoms with Gasteiger partial charge in [0.25, 0.3) is 0 Å². The summed E-state index contributed by atoms with van der Waals surface area (Å²) in [6, 6.07) is -1.17. The molecule has 0 radical (unpaired) electrons. The molecule has 2 unspecified atom stereocenters. The van der Waals surface area contributed by atoms with E-state index in [4.69, 9.17) is 34.7 Å². The molecule has 24 heteroatoms. The molecule has 0 amide bonds. The molecule has 2 fully saturated rings. The van der Waals surface area contributed by atoms with Crippen LogP contribution in [-0.4, -0.2) is 124 Å². The summed E-state index contributed by atoms with van der Waals surface area (Å²) < 4.78 is 55.6. The molecule has 10 N–H and O–H groups in total. The third kappa shape index (κ3) is 7.26. The third-order valence-electron chi connectivity index (χ3n) is 6.05. The number of carbonyl (C=O) groups excluding carboxylic acids is 1. The average Bonchev–Trinajstić information content (AvgIpc) is 3.56. The number of nitrogen functional groups attached to an aromatic ring is 1. The number of thiol groups is 1. The largest absolute Gasteiger partial charge is 0.483 e. The monoisotopic (exact) mass is 662 g/mol. The lowest BCUT2D eigenvalue weighted by molar-refractivity contribution is -0.190. The Labute approximate surface area is 240 Å². The van der Waals surface area contributed by atoms with Gasteiger partial charge >= 0.3 is 21.6 Å². The van der Waals surface area contributed by atoms with Crippen LogP contribution >= 0.6 is 28.3 Å². The van der Waals surface area contributed by atoms with Crippen LogP contribution in [0.5, 0.6) is 0 Å². The van der Waals surface area contributed by atoms with Gasteiger partial charge in [-0.05, 0) is 0 Å². The number of ether oxygens (including phenoxy) is 3. The van der Waals surface area contributed by atoms with Crippen molar-refractivity contribution in [1.82, 2.24) is 19.5 Å². The molecule has 0 aromatic carbocycles. The van der Waals surface area contributed by atoms with E-state index in [0.717, 1.165) is 6.33 Å². The van der Waals surface area contributed by atoms with E-state index >= 15 is 0 Å². The molecule has 4 rings (SSSR count). The van der Waals surface area contributed by atoms with Gasteiger partial charge in [0.1, 0.15) is 54.5 Å². The molecule has 0 aliphatic carbocycles. The minimum atomic E-state index is -5.54. The predicted octanol–water partition coefficient (Wildman–Crippen LogP) is -3.47. The number of aliphatic hydroxyl groups excluding tert-OH is 4. The standard InChI is InChI=1S/C18H28N6O15P2S/c19-6(3-42)17(29)38-18-13(28)11(26)8(37-18)2-35-41(33,39-40(30,31)32)34-1-7-10(25)12(27)16(36-7)24-5-23-9-14(20)21-4-22-15(9)24/h4-8,10-13,16,18,25-28,42H,1-3,19H2,(H2,20,21,22)(H2,30,31,32)/t6-,7+,8+,10+,11+,12+,13+,16+,18?,41?/m0/s1. The Hall–Kier alpha value is -1.85. The molecule has 42 heavy (non-hydrogen) atoms. The van der Waals surface area contributed by atoms with Crippen LogP contribution < -0.4 is 11.5 Å². The molecule has 2 aromatic rings. The summed E-state index contributed by atoms with van der Waals surface area (Å²) in [5.74, 6) is -1.08. The highest BCUT2D eigenvalue weighted by Crippen LogP contribution is 2.61. The van der Waals surface area contributed by atoms with Crippen LogP contribution in [0.4, 0.5) is 5.82 Å². The minimum absolute atomic E-state index is 0.0361. The number of fused-ring (bicyclic) bond motifs is 1. The number of phosphoric ester groups is 1. The van der Waals surface area contributed by atoms with Gasteiger partial charge in [-0.15, -0.1) is 0 Å². The van der Waals surface area contributed by atoms with Crippen molar-refractivity contribution in [2.45, 2.75) is 55.2 Å². The number of hydrogen-bond acceptors (Lipinski definition) is 19. The van der Waals surface area contributed by atoms with E-state index in [1.165, 1.54) is 10.9 Å². The highest BCUT2D eigenvalue weighted by molar-refractivity contribution is 7.80. The quantitative estimate of drug-likeness (QED) is 0.0605. The molecule has 236 valence electrons. The zero-order valence-corrected chi connectivity index (χ0v) is 23.8. The number of rotatable bonds is 12. The molecule has 4 heterocycles. The number of esters is 1. The van der Waals surface area contributed by atoms with Gasteiger partial charge in [-0.25, -0.2) is 24.1 Å². The second kappa shape index (κ2) is 13.0. The lowest BCUT2D eigenvalue weighted by atomic mass is 10.1. The highest BCUT2D eigenvalue weighted by atomic mass is 32.1. The Kier molecular flexibility index (Phi) is 10.2. The van der Waals surface area contributed by atoms with E-state index in [2.05, 4.69) is 31.9 Å². The Morgan fingerprint density at radius 3 is 2.26 bits per heavy atom. The number of aliphatic hydroxyl groups is 4. The van der Waals surface area contributed by atoms with E-state index in [1.54, 1.807) is 0 Å². The van der Waals surface area contributed by atoms with Gasteiger partial charge in [0.05, 0.1) is 19.5 Å². The first-order valence-corrected chi connectivity index (χ1v) is 15.5. The zero-order chi connectivity index (χ0) is 31.0. The van der Waals surface area contributed by atoms with Crippen molar-refractivity contribution < 1.29 is 71.7 Å². The van der Waals surface area contributed by atoms with Crippen molar-refractivity contribution in [2.75, 3.05) is 24.7 Å². The van der Waals surface area contributed by atoms with Crippen molar-refractivity contribution in [3.63, 3.8) is 0 Å². The normalized spacial score (nSPS) is 32.2. The molecule has 2 saturated heterocycles. The summed E-state index contributed by atoms with van der Waals surface area (Å²) in [7, 11) is -10.8. The maximum absolute atomic E-state index is 13.1. The van der Waals surface area contributed by atoms with Crippen molar-refractivity contribution in [3.8, 4) is 0 Å². The van der Waals surface area contributed by atoms with Crippen LogP contribution in [0.25, 0.3) is 11.2 Å². The maximum Gasteiger partial charge on any atom is 0.483 e. The van der Waals surface area contributed by atoms with Gasteiger partial charge in [0.15, 0.2) is 17.7 Å². The third-order valence-corrected chi connectivity index (χ3v) is 9.02. The molecule has 2 aliphatic heterocycles. The molecule has 2 aliphatic rings. The number of phosphoric acid groups is 2. The lowest BCUT2D eigenvalue weighted by Crippen LogP contribution is -2.40. The number of imidazole rings is 1. The SMILES string of the molecule is Nc1ncnc2c1ncn2[C@@H]1O[C@H](COP(=O)(OC[C@H]2OC(OC(=O)[C@@H](N)CS)[C@H](O)[C@@H]2O)OP(=O)(O)O)[C@@H](O)[C@H]1O. The van der Waals surface area contributed by atoms with E-state index in [-0.39, 0.29) is 22.7 Å². The van der Waals surface area contributed by atoms with E-state index in [0.29, 0.717) is 0 Å². The fraction of sp³-hybridized carbons (Fsp3) is 0.667. The van der Waals surface area contributed by atoms with Gasteiger partial charge in [0, 0.05) is 5.75 Å². The van der Waals surface area contributed by atoms with Crippen molar-refractivity contribution >= 4 is 51.2 Å².